The Morgan fingerprint density at radius 2 is 0.736 bits per heavy atom. The van der Waals surface area contributed by atoms with Gasteiger partial charge in [0, 0.05) is 12.8 Å². The lowest BCUT2D eigenvalue weighted by atomic mass is 10.0. The van der Waals surface area contributed by atoms with Gasteiger partial charge in [0.1, 0.15) is 19.3 Å². The molecule has 9 nitrogen and oxygen atoms in total. The highest BCUT2D eigenvalue weighted by atomic mass is 31.2. The van der Waals surface area contributed by atoms with Crippen molar-refractivity contribution in [3.8, 4) is 0 Å². The Morgan fingerprint density at radius 3 is 1.10 bits per heavy atom. The summed E-state index contributed by atoms with van der Waals surface area (Å²) >= 11 is 0. The highest BCUT2D eigenvalue weighted by Gasteiger charge is 2.27. The van der Waals surface area contributed by atoms with Crippen molar-refractivity contribution in [2.75, 3.05) is 40.9 Å². The van der Waals surface area contributed by atoms with E-state index in [1.807, 2.05) is 33.3 Å². The second kappa shape index (κ2) is 66.4. The fraction of sp³-hybridized carbons (Fsp3) is 0.818. The molecule has 0 spiro atoms. The maximum atomic E-state index is 13.6. The van der Waals surface area contributed by atoms with Crippen LogP contribution < -0.4 is 10.2 Å². The number of hydrogen-bond donors (Lipinski definition) is 1. The van der Waals surface area contributed by atoms with E-state index in [9.17, 15) is 19.0 Å². The molecule has 0 aromatic carbocycles. The number of carbonyl (C=O) groups is 2. The van der Waals surface area contributed by atoms with Gasteiger partial charge in [0.15, 0.2) is 0 Å². The van der Waals surface area contributed by atoms with Gasteiger partial charge in [0.2, 0.25) is 5.91 Å². The summed E-state index contributed by atoms with van der Waals surface area (Å²) in [7, 11) is 1.19. The number of unbranched alkanes of at least 4 members (excludes halogenated alkanes) is 42. The summed E-state index contributed by atoms with van der Waals surface area (Å²) in [5.74, 6) is -0.535. The van der Waals surface area contributed by atoms with Crippen LogP contribution >= 0.6 is 7.82 Å². The molecule has 0 fully saturated rings. The van der Waals surface area contributed by atoms with Gasteiger partial charge in [0.25, 0.3) is 7.82 Å². The Bertz CT molecular complexity index is 1720. The van der Waals surface area contributed by atoms with E-state index in [4.69, 9.17) is 13.8 Å². The predicted octanol–water partition coefficient (Wildman–Crippen LogP) is 23.3. The lowest BCUT2D eigenvalue weighted by Gasteiger charge is -2.30. The maximum absolute atomic E-state index is 13.6. The molecule has 0 radical (unpaired) electrons. The van der Waals surface area contributed by atoms with E-state index in [0.29, 0.717) is 17.4 Å². The lowest BCUT2D eigenvalue weighted by Crippen LogP contribution is -2.47. The number of phosphoric ester groups is 1. The van der Waals surface area contributed by atoms with Crippen LogP contribution in [0.5, 0.6) is 0 Å². The van der Waals surface area contributed by atoms with E-state index in [2.05, 4.69) is 86.8 Å². The standard InChI is InChI=1S/C77H143N2O7P/c1-7-10-13-16-19-22-25-27-29-31-33-35-37-39-41-43-45-47-49-51-54-57-60-63-66-69-76(80)78-74(73-85-87(82,83)84-72-71-79(4,5)6)75(68-65-62-59-56-53-24-21-18-15-12-9-3)86-77(81)70-67-64-61-58-55-52-50-48-46-44-42-40-38-36-34-32-30-28-26-23-20-17-14-11-8-2/h11,14,20,23,28,30,34,36,40,42,65,68,74-75H,7-10,12-13,15-19,21-22,24-27,29,31-33,35,37-39,41,43-64,66-67,69-73H2,1-6H3,(H-,78,80,82,83)/b14-11-,23-20-,30-28-,36-34-,42-40-,68-65+. The van der Waals surface area contributed by atoms with Crippen molar-refractivity contribution < 1.29 is 37.3 Å². The number of rotatable bonds is 68. The van der Waals surface area contributed by atoms with Crippen LogP contribution in [0.3, 0.4) is 0 Å². The fourth-order valence-electron chi connectivity index (χ4n) is 11.0. The molecule has 10 heteroatoms. The van der Waals surface area contributed by atoms with E-state index in [1.165, 1.54) is 218 Å². The molecule has 0 bridgehead atoms. The van der Waals surface area contributed by atoms with Crippen LogP contribution in [0.2, 0.25) is 0 Å². The van der Waals surface area contributed by atoms with Gasteiger partial charge in [-0.15, -0.1) is 0 Å². The minimum Gasteiger partial charge on any atom is -0.756 e. The molecule has 3 atom stereocenters. The maximum Gasteiger partial charge on any atom is 0.306 e. The number of hydrogen-bond acceptors (Lipinski definition) is 7. The molecular formula is C77H143N2O7P. The third-order valence-corrected chi connectivity index (χ3v) is 17.6. The topological polar surface area (TPSA) is 114 Å². The normalized spacial score (nSPS) is 13.9. The van der Waals surface area contributed by atoms with E-state index < -0.39 is 20.0 Å². The molecule has 1 amide bonds. The van der Waals surface area contributed by atoms with Crippen molar-refractivity contribution in [3.63, 3.8) is 0 Å². The number of esters is 1. The monoisotopic (exact) mass is 1240 g/mol. The molecule has 3 unspecified atom stereocenters. The van der Waals surface area contributed by atoms with E-state index in [-0.39, 0.29) is 31.5 Å². The minimum absolute atomic E-state index is 0.0234. The van der Waals surface area contributed by atoms with Crippen LogP contribution in [0.4, 0.5) is 0 Å². The average Bonchev–Trinajstić information content (AvgIpc) is 3.70. The lowest BCUT2D eigenvalue weighted by molar-refractivity contribution is -0.870. The molecule has 508 valence electrons. The molecule has 87 heavy (non-hydrogen) atoms. The Balaban J connectivity index is 4.96. The van der Waals surface area contributed by atoms with Crippen LogP contribution in [-0.2, 0) is 27.9 Å². The molecular weight excluding hydrogens is 1100 g/mol. The highest BCUT2D eigenvalue weighted by molar-refractivity contribution is 7.45. The molecule has 0 saturated carbocycles. The number of nitrogens with zero attached hydrogens (tertiary/aromatic N) is 1. The number of carbonyl (C=O) groups excluding carboxylic acids is 2. The van der Waals surface area contributed by atoms with E-state index in [0.717, 1.165) is 103 Å². The summed E-state index contributed by atoms with van der Waals surface area (Å²) in [6, 6.07) is -0.892. The predicted molar refractivity (Wildman–Crippen MR) is 376 cm³/mol. The number of amides is 1. The van der Waals surface area contributed by atoms with Crippen LogP contribution in [0, 0.1) is 0 Å². The third kappa shape index (κ3) is 67.7. The van der Waals surface area contributed by atoms with Crippen molar-refractivity contribution in [2.45, 2.75) is 367 Å². The number of phosphoric acid groups is 1. The van der Waals surface area contributed by atoms with Gasteiger partial charge in [-0.2, -0.15) is 0 Å². The molecule has 0 aliphatic carbocycles. The first-order valence-corrected chi connectivity index (χ1v) is 38.7. The van der Waals surface area contributed by atoms with E-state index >= 15 is 0 Å². The van der Waals surface area contributed by atoms with Crippen molar-refractivity contribution >= 4 is 19.7 Å². The highest BCUT2D eigenvalue weighted by Crippen LogP contribution is 2.38. The van der Waals surface area contributed by atoms with Gasteiger partial charge in [0.05, 0.1) is 33.8 Å². The number of nitrogens with one attached hydrogen (secondary N) is 1. The summed E-state index contributed by atoms with van der Waals surface area (Å²) in [5, 5.41) is 3.05. The number of likely N-dealkylation sites (N-methyl/N-ethyl adjacent to an activating group) is 1. The summed E-state index contributed by atoms with van der Waals surface area (Å²) in [5.41, 5.74) is 0. The van der Waals surface area contributed by atoms with E-state index in [1.54, 1.807) is 0 Å². The van der Waals surface area contributed by atoms with Crippen LogP contribution in [0.1, 0.15) is 355 Å². The van der Waals surface area contributed by atoms with Crippen LogP contribution in [0.15, 0.2) is 72.9 Å². The first-order valence-electron chi connectivity index (χ1n) is 37.2. The first kappa shape index (κ1) is 84.5. The van der Waals surface area contributed by atoms with Crippen molar-refractivity contribution in [3.05, 3.63) is 72.9 Å². The second-order valence-corrected chi connectivity index (χ2v) is 27.8. The van der Waals surface area contributed by atoms with Crippen molar-refractivity contribution in [2.24, 2.45) is 0 Å². The number of allylic oxidation sites excluding steroid dienone is 11. The molecule has 0 heterocycles. The number of quaternary nitrogens is 1. The summed E-state index contributed by atoms with van der Waals surface area (Å²) in [6.07, 6.45) is 87.5. The summed E-state index contributed by atoms with van der Waals surface area (Å²) in [4.78, 5) is 40.2. The average molecular weight is 1240 g/mol. The van der Waals surface area contributed by atoms with Gasteiger partial charge in [-0.25, -0.2) is 0 Å². The zero-order valence-corrected chi connectivity index (χ0v) is 59.1. The SMILES string of the molecule is CC/C=C\C/C=C\C/C=C\C/C=C\C/C=C\CCCCCCCCCCCC(=O)OC(/C=C/CCCCCCCCCCC)C(COP(=O)([O-])OCC[N+](C)(C)C)NC(=O)CCCCCCCCCCCCCCCCCCCCCCCCCCC. The van der Waals surface area contributed by atoms with Crippen LogP contribution in [0.25, 0.3) is 0 Å². The Labute approximate surface area is 540 Å². The van der Waals surface area contributed by atoms with Crippen molar-refractivity contribution in [1.29, 1.82) is 0 Å². The van der Waals surface area contributed by atoms with Gasteiger partial charge < -0.3 is 28.5 Å². The Kier molecular flexibility index (Phi) is 64.4. The molecule has 1 N–H and O–H groups in total. The first-order chi connectivity index (χ1) is 42.4. The van der Waals surface area contributed by atoms with Gasteiger partial charge in [-0.1, -0.05) is 338 Å². The van der Waals surface area contributed by atoms with Gasteiger partial charge in [-0.05, 0) is 76.7 Å². The molecule has 0 aliphatic rings. The van der Waals surface area contributed by atoms with Gasteiger partial charge >= 0.3 is 5.97 Å². The molecule has 0 aromatic heterocycles. The smallest absolute Gasteiger partial charge is 0.306 e. The largest absolute Gasteiger partial charge is 0.756 e. The Hall–Kier alpha value is -2.55. The number of ether oxygens (including phenoxy) is 1. The van der Waals surface area contributed by atoms with Crippen molar-refractivity contribution in [1.82, 2.24) is 5.32 Å². The zero-order valence-electron chi connectivity index (χ0n) is 58.2. The fourth-order valence-corrected chi connectivity index (χ4v) is 11.7. The summed E-state index contributed by atoms with van der Waals surface area (Å²) < 4.78 is 30.5. The quantitative estimate of drug-likeness (QED) is 0.0212. The summed E-state index contributed by atoms with van der Waals surface area (Å²) in [6.45, 7) is 6.77. The second-order valence-electron chi connectivity index (χ2n) is 26.4. The molecule has 0 aromatic rings. The minimum atomic E-state index is -4.71. The molecule has 0 aliphatic heterocycles. The zero-order chi connectivity index (χ0) is 63.5. The third-order valence-electron chi connectivity index (χ3n) is 16.7. The van der Waals surface area contributed by atoms with Gasteiger partial charge in [-0.3, -0.25) is 14.2 Å². The molecule has 0 rings (SSSR count). The Morgan fingerprint density at radius 1 is 0.414 bits per heavy atom. The van der Waals surface area contributed by atoms with Crippen LogP contribution in [-0.4, -0.2) is 69.4 Å². The molecule has 0 saturated heterocycles.